The molecule has 0 spiro atoms. The molecule has 3 aromatic carbocycles. The fourth-order valence-corrected chi connectivity index (χ4v) is 5.31. The Morgan fingerprint density at radius 2 is 0.951 bits per heavy atom. The Morgan fingerprint density at radius 1 is 0.537 bits per heavy atom. The SMILES string of the molecule is Brc1ccc(C2CO2)cc1.Brc1ccc(C2COCCO2)cc1.c1cc(N2CCNCC2)ccc1C1COCCO1. The van der Waals surface area contributed by atoms with E-state index in [1.54, 1.807) is 0 Å². The molecule has 0 bridgehead atoms. The van der Waals surface area contributed by atoms with E-state index in [9.17, 15) is 0 Å². The van der Waals surface area contributed by atoms with E-state index in [1.807, 2.05) is 24.3 Å². The Morgan fingerprint density at radius 3 is 1.34 bits per heavy atom. The van der Waals surface area contributed by atoms with Gasteiger partial charge in [-0.2, -0.15) is 0 Å². The van der Waals surface area contributed by atoms with Gasteiger partial charge in [0.2, 0.25) is 0 Å². The van der Waals surface area contributed by atoms with E-state index in [-0.39, 0.29) is 12.2 Å². The van der Waals surface area contributed by atoms with Crippen LogP contribution in [0.25, 0.3) is 0 Å². The Balaban J connectivity index is 0.000000129. The Labute approximate surface area is 259 Å². The molecule has 3 atom stereocenters. The van der Waals surface area contributed by atoms with Gasteiger partial charge in [-0.05, 0) is 53.1 Å². The van der Waals surface area contributed by atoms with E-state index in [2.05, 4.69) is 90.6 Å². The Bertz CT molecular complexity index is 1120. The zero-order valence-electron chi connectivity index (χ0n) is 23.2. The number of piperazine rings is 1. The molecule has 4 aliphatic heterocycles. The molecule has 0 saturated carbocycles. The van der Waals surface area contributed by atoms with Crippen LogP contribution in [0.2, 0.25) is 0 Å². The maximum Gasteiger partial charge on any atom is 0.106 e. The van der Waals surface area contributed by atoms with E-state index in [4.69, 9.17) is 23.7 Å². The molecule has 7 nitrogen and oxygen atoms in total. The van der Waals surface area contributed by atoms with Crippen LogP contribution in [0, 0.1) is 0 Å². The molecule has 3 aromatic rings. The molecule has 220 valence electrons. The number of rotatable bonds is 4. The topological polar surface area (TPSA) is 64.7 Å². The molecule has 7 rings (SSSR count). The highest BCUT2D eigenvalue weighted by atomic mass is 79.9. The lowest BCUT2D eigenvalue weighted by atomic mass is 10.1. The van der Waals surface area contributed by atoms with Crippen molar-refractivity contribution >= 4 is 37.5 Å². The Hall–Kier alpha value is -1.82. The summed E-state index contributed by atoms with van der Waals surface area (Å²) in [6, 6.07) is 25.1. The van der Waals surface area contributed by atoms with Crippen molar-refractivity contribution in [2.75, 3.05) is 77.3 Å². The van der Waals surface area contributed by atoms with Crippen LogP contribution in [0.3, 0.4) is 0 Å². The van der Waals surface area contributed by atoms with E-state index in [0.717, 1.165) is 48.3 Å². The average molecular weight is 690 g/mol. The maximum absolute atomic E-state index is 5.70. The van der Waals surface area contributed by atoms with E-state index < -0.39 is 0 Å². The molecule has 1 N–H and O–H groups in total. The van der Waals surface area contributed by atoms with Crippen LogP contribution >= 0.6 is 31.9 Å². The summed E-state index contributed by atoms with van der Waals surface area (Å²) in [6.45, 7) is 9.37. The van der Waals surface area contributed by atoms with Gasteiger partial charge in [0.05, 0.1) is 46.2 Å². The van der Waals surface area contributed by atoms with Crippen molar-refractivity contribution in [3.63, 3.8) is 0 Å². The van der Waals surface area contributed by atoms with Crippen LogP contribution in [0.5, 0.6) is 0 Å². The second kappa shape index (κ2) is 16.1. The first-order chi connectivity index (χ1) is 20.2. The Kier molecular flexibility index (Phi) is 12.1. The van der Waals surface area contributed by atoms with Crippen molar-refractivity contribution < 1.29 is 23.7 Å². The van der Waals surface area contributed by atoms with Crippen molar-refractivity contribution in [3.05, 3.63) is 98.4 Å². The molecule has 4 aliphatic rings. The van der Waals surface area contributed by atoms with Gasteiger partial charge in [-0.1, -0.05) is 68.3 Å². The second-order valence-corrected chi connectivity index (χ2v) is 12.0. The number of nitrogens with one attached hydrogen (secondary N) is 1. The lowest BCUT2D eigenvalue weighted by molar-refractivity contribution is -0.0901. The van der Waals surface area contributed by atoms with Crippen LogP contribution in [0.1, 0.15) is 35.0 Å². The van der Waals surface area contributed by atoms with E-state index in [0.29, 0.717) is 39.1 Å². The smallest absolute Gasteiger partial charge is 0.106 e. The first kappa shape index (κ1) is 30.6. The van der Waals surface area contributed by atoms with Crippen molar-refractivity contribution in [3.8, 4) is 0 Å². The third-order valence-corrected chi connectivity index (χ3v) is 8.25. The summed E-state index contributed by atoms with van der Waals surface area (Å²) in [5, 5.41) is 3.37. The van der Waals surface area contributed by atoms with Gasteiger partial charge < -0.3 is 33.9 Å². The van der Waals surface area contributed by atoms with Crippen LogP contribution in [0.15, 0.2) is 81.7 Å². The molecular weight excluding hydrogens is 652 g/mol. The van der Waals surface area contributed by atoms with Gasteiger partial charge in [0.1, 0.15) is 18.3 Å². The normalized spacial score (nSPS) is 23.9. The summed E-state index contributed by atoms with van der Waals surface area (Å²) in [4.78, 5) is 2.42. The molecular formula is C32H38Br2N2O5. The molecule has 4 fully saturated rings. The maximum atomic E-state index is 5.70. The summed E-state index contributed by atoms with van der Waals surface area (Å²) >= 11 is 6.77. The van der Waals surface area contributed by atoms with Gasteiger partial charge in [0.25, 0.3) is 0 Å². The van der Waals surface area contributed by atoms with Gasteiger partial charge >= 0.3 is 0 Å². The van der Waals surface area contributed by atoms with Crippen LogP contribution in [-0.2, 0) is 23.7 Å². The predicted molar refractivity (Wildman–Crippen MR) is 168 cm³/mol. The number of hydrogen-bond donors (Lipinski definition) is 1. The van der Waals surface area contributed by atoms with Crippen molar-refractivity contribution in [2.24, 2.45) is 0 Å². The first-order valence-electron chi connectivity index (χ1n) is 14.2. The quantitative estimate of drug-likeness (QED) is 0.326. The van der Waals surface area contributed by atoms with Crippen molar-refractivity contribution in [1.29, 1.82) is 0 Å². The zero-order valence-corrected chi connectivity index (χ0v) is 26.4. The molecule has 0 radical (unpaired) electrons. The van der Waals surface area contributed by atoms with Gasteiger partial charge in [-0.3, -0.25) is 0 Å². The largest absolute Gasteiger partial charge is 0.376 e. The molecule has 3 unspecified atom stereocenters. The molecule has 41 heavy (non-hydrogen) atoms. The van der Waals surface area contributed by atoms with Crippen molar-refractivity contribution in [2.45, 2.75) is 18.3 Å². The summed E-state index contributed by atoms with van der Waals surface area (Å²) in [7, 11) is 0. The van der Waals surface area contributed by atoms with E-state index in [1.165, 1.54) is 22.4 Å². The number of ether oxygens (including phenoxy) is 5. The van der Waals surface area contributed by atoms with Crippen LogP contribution in [-0.4, -0.2) is 72.4 Å². The minimum Gasteiger partial charge on any atom is -0.376 e. The standard InChI is InChI=1S/C14H20N2O2.C10H11BrO2.C8H7BrO/c1-3-13(16-7-5-15-6-8-16)4-2-12(1)14-11-17-9-10-18-14;11-9-3-1-8(2-4-9)10-7-12-5-6-13-10;9-7-3-1-6(2-4-7)8-5-10-8/h1-4,14-15H,5-11H2;1-4,10H,5-7H2;1-4,8H,5H2. The number of epoxide rings is 1. The fraction of sp³-hybridized carbons (Fsp3) is 0.438. The highest BCUT2D eigenvalue weighted by Crippen LogP contribution is 2.30. The molecule has 9 heteroatoms. The number of anilines is 1. The third kappa shape index (κ3) is 9.86. The van der Waals surface area contributed by atoms with Crippen LogP contribution < -0.4 is 10.2 Å². The zero-order chi connectivity index (χ0) is 28.3. The van der Waals surface area contributed by atoms with Crippen molar-refractivity contribution in [1.82, 2.24) is 5.32 Å². The van der Waals surface area contributed by atoms with Gasteiger partial charge in [-0.15, -0.1) is 0 Å². The number of hydrogen-bond acceptors (Lipinski definition) is 7. The monoisotopic (exact) mass is 688 g/mol. The minimum absolute atomic E-state index is 0.107. The lowest BCUT2D eigenvalue weighted by Gasteiger charge is -2.30. The summed E-state index contributed by atoms with van der Waals surface area (Å²) in [5.41, 5.74) is 4.98. The molecule has 0 aromatic heterocycles. The molecule has 0 amide bonds. The number of benzene rings is 3. The van der Waals surface area contributed by atoms with Crippen LogP contribution in [0.4, 0.5) is 5.69 Å². The fourth-order valence-electron chi connectivity index (χ4n) is 4.78. The number of halogens is 2. The summed E-state index contributed by atoms with van der Waals surface area (Å²) in [5.74, 6) is 0. The predicted octanol–water partition coefficient (Wildman–Crippen LogP) is 6.24. The number of nitrogens with zero attached hydrogens (tertiary/aromatic N) is 1. The summed E-state index contributed by atoms with van der Waals surface area (Å²) < 4.78 is 29.4. The average Bonchev–Trinajstić information content (AvgIpc) is 3.90. The molecule has 4 heterocycles. The highest BCUT2D eigenvalue weighted by Gasteiger charge is 2.24. The molecule has 0 aliphatic carbocycles. The third-order valence-electron chi connectivity index (χ3n) is 7.20. The second-order valence-electron chi connectivity index (χ2n) is 10.1. The van der Waals surface area contributed by atoms with Gasteiger partial charge in [0.15, 0.2) is 0 Å². The first-order valence-corrected chi connectivity index (χ1v) is 15.8. The lowest BCUT2D eigenvalue weighted by Crippen LogP contribution is -2.43. The van der Waals surface area contributed by atoms with Gasteiger partial charge in [-0.25, -0.2) is 0 Å². The summed E-state index contributed by atoms with van der Waals surface area (Å²) in [6.07, 6.45) is 0.603. The van der Waals surface area contributed by atoms with Gasteiger partial charge in [0, 0.05) is 40.8 Å². The molecule has 4 saturated heterocycles. The van der Waals surface area contributed by atoms with E-state index >= 15 is 0 Å². The highest BCUT2D eigenvalue weighted by molar-refractivity contribution is 9.10. The minimum atomic E-state index is 0.107.